The number of carbonyl (C=O) groups is 1. The lowest BCUT2D eigenvalue weighted by Crippen LogP contribution is -2.54. The summed E-state index contributed by atoms with van der Waals surface area (Å²) in [6, 6.07) is 8.33. The third kappa shape index (κ3) is 3.20. The first-order chi connectivity index (χ1) is 15.0. The van der Waals surface area contributed by atoms with Gasteiger partial charge in [-0.15, -0.1) is 0 Å². The number of fused-ring (bicyclic) bond motifs is 1. The van der Waals surface area contributed by atoms with E-state index in [1.165, 1.54) is 30.4 Å². The molecule has 4 aliphatic carbocycles. The van der Waals surface area contributed by atoms with E-state index < -0.39 is 0 Å². The molecule has 4 saturated carbocycles. The minimum absolute atomic E-state index is 0.181. The zero-order valence-corrected chi connectivity index (χ0v) is 19.1. The van der Waals surface area contributed by atoms with E-state index in [2.05, 4.69) is 37.0 Å². The van der Waals surface area contributed by atoms with E-state index in [1.54, 1.807) is 17.5 Å². The first-order valence-corrected chi connectivity index (χ1v) is 12.4. The average molecular weight is 432 g/mol. The second-order valence-electron chi connectivity index (χ2n) is 10.3. The van der Waals surface area contributed by atoms with Gasteiger partial charge < -0.3 is 0 Å². The molecule has 2 aromatic heterocycles. The second-order valence-corrected chi connectivity index (χ2v) is 11.3. The molecule has 5 heteroatoms. The number of nitrogens with zero attached hydrogens (tertiary/aromatic N) is 3. The molecule has 160 valence electrons. The van der Waals surface area contributed by atoms with Crippen molar-refractivity contribution in [2.75, 3.05) is 4.90 Å². The number of carbonyl (C=O) groups excluding carboxylic acids is 1. The van der Waals surface area contributed by atoms with E-state index in [9.17, 15) is 4.79 Å². The molecule has 0 radical (unpaired) electrons. The van der Waals surface area contributed by atoms with Crippen LogP contribution in [0.5, 0.6) is 0 Å². The van der Waals surface area contributed by atoms with Crippen LogP contribution >= 0.6 is 11.3 Å². The molecule has 4 bridgehead atoms. The maximum atomic E-state index is 14.3. The molecule has 4 fully saturated rings. The maximum absolute atomic E-state index is 14.3. The van der Waals surface area contributed by atoms with Crippen LogP contribution in [-0.4, -0.2) is 15.9 Å². The van der Waals surface area contributed by atoms with Crippen molar-refractivity contribution < 1.29 is 4.79 Å². The van der Waals surface area contributed by atoms with Crippen LogP contribution in [0.15, 0.2) is 36.7 Å². The molecule has 0 unspecified atom stereocenters. The summed E-state index contributed by atoms with van der Waals surface area (Å²) in [5, 5.41) is 0.841. The van der Waals surface area contributed by atoms with Crippen LogP contribution in [0.3, 0.4) is 0 Å². The third-order valence-corrected chi connectivity index (χ3v) is 9.15. The molecule has 1 aromatic carbocycles. The molecule has 0 atom stereocenters. The smallest absolute Gasteiger partial charge is 0.235 e. The van der Waals surface area contributed by atoms with Crippen LogP contribution in [0.25, 0.3) is 10.2 Å². The Kier molecular flexibility index (Phi) is 4.46. The average Bonchev–Trinajstić information content (AvgIpc) is 3.19. The number of hydrogen-bond donors (Lipinski definition) is 0. The van der Waals surface area contributed by atoms with Crippen LogP contribution < -0.4 is 4.90 Å². The standard InChI is InChI=1S/C26H29N3OS/c1-16-5-6-22-23(17(16)2)28-25(31-22)29(15-18-4-3-7-27-14-18)24(30)26-11-19-8-20(12-26)10-21(9-19)13-26/h3-7,14,19-21H,8-13,15H2,1-2H3. The summed E-state index contributed by atoms with van der Waals surface area (Å²) >= 11 is 1.65. The lowest BCUT2D eigenvalue weighted by Gasteiger charge is -2.56. The number of aromatic nitrogens is 2. The van der Waals surface area contributed by atoms with Crippen molar-refractivity contribution in [1.29, 1.82) is 0 Å². The molecule has 3 aromatic rings. The number of benzene rings is 1. The lowest BCUT2D eigenvalue weighted by molar-refractivity contribution is -0.143. The summed E-state index contributed by atoms with van der Waals surface area (Å²) in [5.74, 6) is 2.55. The molecule has 0 saturated heterocycles. The number of aryl methyl sites for hydroxylation is 2. The summed E-state index contributed by atoms with van der Waals surface area (Å²) in [5.41, 5.74) is 4.38. The Balaban J connectivity index is 1.42. The minimum atomic E-state index is -0.181. The van der Waals surface area contributed by atoms with Crippen LogP contribution in [0.1, 0.15) is 55.2 Å². The fourth-order valence-electron chi connectivity index (χ4n) is 6.89. The van der Waals surface area contributed by atoms with E-state index >= 15 is 0 Å². The summed E-state index contributed by atoms with van der Waals surface area (Å²) < 4.78 is 1.16. The zero-order chi connectivity index (χ0) is 21.2. The number of hydrogen-bond acceptors (Lipinski definition) is 4. The van der Waals surface area contributed by atoms with Crippen LogP contribution in [0.4, 0.5) is 5.13 Å². The molecule has 31 heavy (non-hydrogen) atoms. The normalized spacial score (nSPS) is 28.9. The van der Waals surface area contributed by atoms with E-state index in [0.717, 1.165) is 57.9 Å². The molecule has 1 amide bonds. The number of anilines is 1. The Bertz CT molecular complexity index is 1120. The summed E-state index contributed by atoms with van der Waals surface area (Å²) in [6.45, 7) is 4.81. The number of amides is 1. The van der Waals surface area contributed by atoms with E-state index in [4.69, 9.17) is 4.98 Å². The first-order valence-electron chi connectivity index (χ1n) is 11.6. The van der Waals surface area contributed by atoms with E-state index in [-0.39, 0.29) is 5.41 Å². The van der Waals surface area contributed by atoms with Crippen molar-refractivity contribution in [2.24, 2.45) is 23.2 Å². The van der Waals surface area contributed by atoms with Gasteiger partial charge in [0.05, 0.1) is 22.2 Å². The fraction of sp³-hybridized carbons (Fsp3) is 0.500. The van der Waals surface area contributed by atoms with Crippen molar-refractivity contribution >= 4 is 32.6 Å². The highest BCUT2D eigenvalue weighted by Crippen LogP contribution is 2.61. The van der Waals surface area contributed by atoms with Gasteiger partial charge in [0.25, 0.3) is 0 Å². The van der Waals surface area contributed by atoms with Gasteiger partial charge in [-0.05, 0) is 98.9 Å². The van der Waals surface area contributed by atoms with Gasteiger partial charge in [-0.2, -0.15) is 0 Å². The largest absolute Gasteiger partial charge is 0.283 e. The van der Waals surface area contributed by atoms with Gasteiger partial charge in [0.2, 0.25) is 5.91 Å². The first kappa shape index (κ1) is 19.4. The Morgan fingerprint density at radius 3 is 2.45 bits per heavy atom. The lowest BCUT2D eigenvalue weighted by atomic mass is 9.49. The van der Waals surface area contributed by atoms with Gasteiger partial charge in [-0.1, -0.05) is 23.5 Å². The molecule has 4 nitrogen and oxygen atoms in total. The van der Waals surface area contributed by atoms with Crippen LogP contribution in [0, 0.1) is 37.0 Å². The predicted molar refractivity (Wildman–Crippen MR) is 125 cm³/mol. The second kappa shape index (κ2) is 7.13. The van der Waals surface area contributed by atoms with Crippen molar-refractivity contribution in [3.05, 3.63) is 53.3 Å². The van der Waals surface area contributed by atoms with Gasteiger partial charge in [0.1, 0.15) is 0 Å². The molecular formula is C26H29N3OS. The molecule has 4 aliphatic rings. The zero-order valence-electron chi connectivity index (χ0n) is 18.3. The van der Waals surface area contributed by atoms with Gasteiger partial charge in [0.15, 0.2) is 5.13 Å². The van der Waals surface area contributed by atoms with Gasteiger partial charge in [0, 0.05) is 12.4 Å². The topological polar surface area (TPSA) is 46.1 Å². The van der Waals surface area contributed by atoms with Crippen LogP contribution in [0.2, 0.25) is 0 Å². The third-order valence-electron chi connectivity index (χ3n) is 8.10. The number of rotatable bonds is 4. The Labute approximate surface area is 187 Å². The van der Waals surface area contributed by atoms with Crippen molar-refractivity contribution in [3.63, 3.8) is 0 Å². The highest BCUT2D eigenvalue weighted by Gasteiger charge is 2.56. The molecule has 2 heterocycles. The van der Waals surface area contributed by atoms with Gasteiger partial charge >= 0.3 is 0 Å². The van der Waals surface area contributed by atoms with Crippen molar-refractivity contribution in [3.8, 4) is 0 Å². The summed E-state index contributed by atoms with van der Waals surface area (Å²) in [6.07, 6.45) is 10.9. The molecular weight excluding hydrogens is 402 g/mol. The number of thiazole rings is 1. The van der Waals surface area contributed by atoms with Crippen molar-refractivity contribution in [1.82, 2.24) is 9.97 Å². The Morgan fingerprint density at radius 1 is 1.10 bits per heavy atom. The van der Waals surface area contributed by atoms with E-state index in [0.29, 0.717) is 12.5 Å². The molecule has 7 rings (SSSR count). The van der Waals surface area contributed by atoms with Crippen molar-refractivity contribution in [2.45, 2.75) is 58.9 Å². The fourth-order valence-corrected chi connectivity index (χ4v) is 7.91. The maximum Gasteiger partial charge on any atom is 0.235 e. The highest BCUT2D eigenvalue weighted by molar-refractivity contribution is 7.22. The highest BCUT2D eigenvalue weighted by atomic mass is 32.1. The molecule has 0 spiro atoms. The van der Waals surface area contributed by atoms with Gasteiger partial charge in [-0.3, -0.25) is 14.7 Å². The predicted octanol–water partition coefficient (Wildman–Crippen LogP) is 6.06. The number of pyridine rings is 1. The molecule has 0 N–H and O–H groups in total. The Morgan fingerprint density at radius 2 is 1.81 bits per heavy atom. The Hall–Kier alpha value is -2.27. The quantitative estimate of drug-likeness (QED) is 0.504. The van der Waals surface area contributed by atoms with Gasteiger partial charge in [-0.25, -0.2) is 4.98 Å². The molecule has 0 aliphatic heterocycles. The monoisotopic (exact) mass is 431 g/mol. The van der Waals surface area contributed by atoms with E-state index in [1.807, 2.05) is 17.2 Å². The summed E-state index contributed by atoms with van der Waals surface area (Å²) in [7, 11) is 0. The SMILES string of the molecule is Cc1ccc2sc(N(Cc3cccnc3)C(=O)C34CC5CC(CC(C5)C3)C4)nc2c1C. The summed E-state index contributed by atoms with van der Waals surface area (Å²) in [4.78, 5) is 25.6. The van der Waals surface area contributed by atoms with Crippen LogP contribution in [-0.2, 0) is 11.3 Å². The minimum Gasteiger partial charge on any atom is -0.283 e.